The van der Waals surface area contributed by atoms with Crippen molar-refractivity contribution < 1.29 is 9.90 Å². The number of phenols is 1. The van der Waals surface area contributed by atoms with Gasteiger partial charge in [-0.1, -0.05) is 18.2 Å². The number of amides is 1. The van der Waals surface area contributed by atoms with Crippen LogP contribution in [-0.4, -0.2) is 11.0 Å². The zero-order chi connectivity index (χ0) is 14.7. The summed E-state index contributed by atoms with van der Waals surface area (Å²) in [6.07, 6.45) is 0.249. The van der Waals surface area contributed by atoms with Crippen LogP contribution in [0.25, 0.3) is 0 Å². The van der Waals surface area contributed by atoms with Gasteiger partial charge in [0.05, 0.1) is 6.42 Å². The van der Waals surface area contributed by atoms with Crippen LogP contribution in [0.15, 0.2) is 36.4 Å². The Balaban J connectivity index is 2.11. The number of nitrogens with one attached hydrogen (secondary N) is 1. The number of nitrogen functional groups attached to an aromatic ring is 1. The molecule has 0 aromatic heterocycles. The molecule has 4 nitrogen and oxygen atoms in total. The van der Waals surface area contributed by atoms with Crippen LogP contribution in [0.4, 0.5) is 11.4 Å². The molecule has 4 heteroatoms. The summed E-state index contributed by atoms with van der Waals surface area (Å²) in [6.45, 7) is 3.60. The van der Waals surface area contributed by atoms with Gasteiger partial charge in [0, 0.05) is 16.9 Å². The van der Waals surface area contributed by atoms with Crippen LogP contribution in [0.1, 0.15) is 16.7 Å². The highest BCUT2D eigenvalue weighted by Crippen LogP contribution is 2.28. The molecule has 2 rings (SSSR count). The Bertz CT molecular complexity index is 651. The lowest BCUT2D eigenvalue weighted by Gasteiger charge is -2.11. The summed E-state index contributed by atoms with van der Waals surface area (Å²) in [4.78, 5) is 12.0. The molecule has 0 unspecified atom stereocenters. The lowest BCUT2D eigenvalue weighted by Crippen LogP contribution is -2.15. The minimum Gasteiger partial charge on any atom is -0.507 e. The number of phenolic OH excluding ortho intramolecular Hbond substituents is 1. The number of rotatable bonds is 3. The first-order valence-corrected chi connectivity index (χ1v) is 6.41. The molecule has 4 N–H and O–H groups in total. The predicted octanol–water partition coefficient (Wildman–Crippen LogP) is 2.77. The van der Waals surface area contributed by atoms with Gasteiger partial charge in [-0.05, 0) is 43.2 Å². The zero-order valence-corrected chi connectivity index (χ0v) is 11.6. The van der Waals surface area contributed by atoms with Gasteiger partial charge < -0.3 is 16.2 Å². The second-order valence-corrected chi connectivity index (χ2v) is 4.87. The molecule has 104 valence electrons. The van der Waals surface area contributed by atoms with Crippen molar-refractivity contribution in [1.29, 1.82) is 0 Å². The number of carbonyl (C=O) groups excluding carboxylic acids is 1. The molecule has 0 aliphatic rings. The van der Waals surface area contributed by atoms with Gasteiger partial charge in [0.15, 0.2) is 0 Å². The van der Waals surface area contributed by atoms with Gasteiger partial charge in [-0.15, -0.1) is 0 Å². The molecule has 0 atom stereocenters. The third kappa shape index (κ3) is 3.09. The van der Waals surface area contributed by atoms with E-state index in [1.807, 2.05) is 19.1 Å². The molecule has 0 spiro atoms. The zero-order valence-electron chi connectivity index (χ0n) is 11.6. The molecule has 0 bridgehead atoms. The van der Waals surface area contributed by atoms with Crippen LogP contribution < -0.4 is 11.1 Å². The maximum absolute atomic E-state index is 12.0. The molecule has 2 aromatic carbocycles. The van der Waals surface area contributed by atoms with Gasteiger partial charge in [-0.25, -0.2) is 0 Å². The van der Waals surface area contributed by atoms with Gasteiger partial charge in [0.1, 0.15) is 5.75 Å². The average molecular weight is 270 g/mol. The average Bonchev–Trinajstić information content (AvgIpc) is 2.39. The molecule has 0 saturated carbocycles. The van der Waals surface area contributed by atoms with Crippen molar-refractivity contribution in [3.63, 3.8) is 0 Å². The minimum absolute atomic E-state index is 0.137. The summed E-state index contributed by atoms with van der Waals surface area (Å²) < 4.78 is 0. The summed E-state index contributed by atoms with van der Waals surface area (Å²) in [5, 5.41) is 12.7. The molecular weight excluding hydrogens is 252 g/mol. The molecule has 0 radical (unpaired) electrons. The van der Waals surface area contributed by atoms with Gasteiger partial charge in [0.2, 0.25) is 5.91 Å². The van der Waals surface area contributed by atoms with Crippen molar-refractivity contribution in [3.05, 3.63) is 53.1 Å². The van der Waals surface area contributed by atoms with Crippen molar-refractivity contribution in [2.45, 2.75) is 20.3 Å². The summed E-state index contributed by atoms with van der Waals surface area (Å²) in [7, 11) is 0. The lowest BCUT2D eigenvalue weighted by molar-refractivity contribution is -0.115. The topological polar surface area (TPSA) is 75.4 Å². The first kappa shape index (κ1) is 13.9. The van der Waals surface area contributed by atoms with E-state index in [0.717, 1.165) is 11.1 Å². The quantitative estimate of drug-likeness (QED) is 0.751. The van der Waals surface area contributed by atoms with Gasteiger partial charge in [-0.3, -0.25) is 4.79 Å². The number of aromatic hydroxyl groups is 1. The van der Waals surface area contributed by atoms with Gasteiger partial charge >= 0.3 is 0 Å². The molecule has 0 saturated heterocycles. The first-order chi connectivity index (χ1) is 9.47. The maximum Gasteiger partial charge on any atom is 0.228 e. The van der Waals surface area contributed by atoms with E-state index >= 15 is 0 Å². The molecular formula is C16H18N2O2. The van der Waals surface area contributed by atoms with E-state index in [9.17, 15) is 9.90 Å². The number of hydrogen-bond donors (Lipinski definition) is 3. The van der Waals surface area contributed by atoms with Crippen LogP contribution in [0.5, 0.6) is 5.75 Å². The first-order valence-electron chi connectivity index (χ1n) is 6.41. The number of hydrogen-bond acceptors (Lipinski definition) is 3. The normalized spacial score (nSPS) is 10.3. The van der Waals surface area contributed by atoms with Crippen LogP contribution in [0, 0.1) is 13.8 Å². The van der Waals surface area contributed by atoms with Crippen LogP contribution in [0.3, 0.4) is 0 Å². The molecule has 2 aromatic rings. The summed E-state index contributed by atoms with van der Waals surface area (Å²) in [5.41, 5.74) is 9.27. The van der Waals surface area contributed by atoms with E-state index in [4.69, 9.17) is 5.73 Å². The van der Waals surface area contributed by atoms with Crippen molar-refractivity contribution >= 4 is 17.3 Å². The Labute approximate surface area is 118 Å². The van der Waals surface area contributed by atoms with E-state index in [2.05, 4.69) is 5.32 Å². The summed E-state index contributed by atoms with van der Waals surface area (Å²) >= 11 is 0. The molecule has 0 aliphatic carbocycles. The predicted molar refractivity (Wildman–Crippen MR) is 80.8 cm³/mol. The number of benzene rings is 2. The molecule has 20 heavy (non-hydrogen) atoms. The monoisotopic (exact) mass is 270 g/mol. The van der Waals surface area contributed by atoms with Crippen molar-refractivity contribution in [3.8, 4) is 5.75 Å². The van der Waals surface area contributed by atoms with Crippen molar-refractivity contribution in [1.82, 2.24) is 0 Å². The highest BCUT2D eigenvalue weighted by molar-refractivity contribution is 5.93. The van der Waals surface area contributed by atoms with Crippen LogP contribution >= 0.6 is 0 Å². The fraction of sp³-hybridized carbons (Fsp3) is 0.188. The Morgan fingerprint density at radius 3 is 2.70 bits per heavy atom. The van der Waals surface area contributed by atoms with E-state index in [1.165, 1.54) is 0 Å². The number of aryl methyl sites for hydroxylation is 1. The van der Waals surface area contributed by atoms with Gasteiger partial charge in [-0.2, -0.15) is 0 Å². The Hall–Kier alpha value is -2.49. The standard InChI is InChI=1S/C16H18N2O2/c1-10-6-7-14(11(2)16(10)20)18-15(19)9-12-4-3-5-13(17)8-12/h3-8,20H,9,17H2,1-2H3,(H,18,19). The summed E-state index contributed by atoms with van der Waals surface area (Å²) in [6, 6.07) is 10.8. The maximum atomic E-state index is 12.0. The van der Waals surface area contributed by atoms with Crippen LogP contribution in [-0.2, 0) is 11.2 Å². The Morgan fingerprint density at radius 1 is 1.25 bits per heavy atom. The van der Waals surface area contributed by atoms with E-state index < -0.39 is 0 Å². The highest BCUT2D eigenvalue weighted by Gasteiger charge is 2.10. The fourth-order valence-electron chi connectivity index (χ4n) is 2.05. The second kappa shape index (κ2) is 5.65. The van der Waals surface area contributed by atoms with Crippen molar-refractivity contribution in [2.75, 3.05) is 11.1 Å². The van der Waals surface area contributed by atoms with Crippen LogP contribution in [0.2, 0.25) is 0 Å². The van der Waals surface area contributed by atoms with Gasteiger partial charge in [0.25, 0.3) is 0 Å². The highest BCUT2D eigenvalue weighted by atomic mass is 16.3. The third-order valence-electron chi connectivity index (χ3n) is 3.22. The fourth-order valence-corrected chi connectivity index (χ4v) is 2.05. The van der Waals surface area contributed by atoms with Crippen molar-refractivity contribution in [2.24, 2.45) is 0 Å². The SMILES string of the molecule is Cc1ccc(NC(=O)Cc2cccc(N)c2)c(C)c1O. The molecule has 1 amide bonds. The largest absolute Gasteiger partial charge is 0.507 e. The third-order valence-corrected chi connectivity index (χ3v) is 3.22. The smallest absolute Gasteiger partial charge is 0.228 e. The molecule has 0 fully saturated rings. The lowest BCUT2D eigenvalue weighted by atomic mass is 10.1. The van der Waals surface area contributed by atoms with E-state index in [-0.39, 0.29) is 18.1 Å². The van der Waals surface area contributed by atoms with E-state index in [1.54, 1.807) is 31.2 Å². The molecule has 0 heterocycles. The summed E-state index contributed by atoms with van der Waals surface area (Å²) in [5.74, 6) is 0.0775. The Kier molecular flexibility index (Phi) is 3.94. The minimum atomic E-state index is -0.137. The number of carbonyl (C=O) groups is 1. The molecule has 0 aliphatic heterocycles. The second-order valence-electron chi connectivity index (χ2n) is 4.87. The number of nitrogens with two attached hydrogens (primary N) is 1. The van der Waals surface area contributed by atoms with E-state index in [0.29, 0.717) is 16.9 Å². The number of anilines is 2. The Morgan fingerprint density at radius 2 is 2.00 bits per heavy atom.